The van der Waals surface area contributed by atoms with Gasteiger partial charge >= 0.3 is 12.1 Å². The lowest BCUT2D eigenvalue weighted by molar-refractivity contribution is 0.0527. The molecule has 1 amide bonds. The second-order valence-electron chi connectivity index (χ2n) is 4.61. The van der Waals surface area contributed by atoms with E-state index in [0.29, 0.717) is 18.0 Å². The Balaban J connectivity index is 2.33. The third-order valence-electron chi connectivity index (χ3n) is 1.78. The number of hydrogen-bond acceptors (Lipinski definition) is 5. The van der Waals surface area contributed by atoms with Crippen LogP contribution in [-0.4, -0.2) is 34.3 Å². The first-order valence-corrected chi connectivity index (χ1v) is 6.30. The van der Waals surface area contributed by atoms with Crippen molar-refractivity contribution in [1.29, 1.82) is 0 Å². The summed E-state index contributed by atoms with van der Waals surface area (Å²) in [6, 6.07) is 0. The Morgan fingerprint density at radius 1 is 1.50 bits per heavy atom. The minimum Gasteiger partial charge on any atom is -0.476 e. The molecular weight excluding hydrogens is 256 g/mol. The normalized spacial score (nSPS) is 11.1. The summed E-state index contributed by atoms with van der Waals surface area (Å²) in [4.78, 5) is 25.8. The Morgan fingerprint density at radius 3 is 2.67 bits per heavy atom. The van der Waals surface area contributed by atoms with Gasteiger partial charge in [-0.3, -0.25) is 0 Å². The molecule has 6 nitrogen and oxygen atoms in total. The van der Waals surface area contributed by atoms with E-state index in [0.717, 1.165) is 0 Å². The molecule has 0 bridgehead atoms. The van der Waals surface area contributed by atoms with Crippen molar-refractivity contribution in [2.24, 2.45) is 0 Å². The van der Waals surface area contributed by atoms with Crippen molar-refractivity contribution in [3.05, 3.63) is 16.1 Å². The van der Waals surface area contributed by atoms with Gasteiger partial charge < -0.3 is 15.2 Å². The van der Waals surface area contributed by atoms with Gasteiger partial charge in [-0.1, -0.05) is 0 Å². The lowest BCUT2D eigenvalue weighted by atomic mass is 10.2. The maximum Gasteiger partial charge on any atom is 0.407 e. The molecule has 0 atom stereocenters. The molecule has 0 aliphatic rings. The Morgan fingerprint density at radius 2 is 2.17 bits per heavy atom. The number of carbonyl (C=O) groups excluding carboxylic acids is 1. The van der Waals surface area contributed by atoms with Crippen LogP contribution in [0, 0.1) is 0 Å². The Kier molecular flexibility index (Phi) is 4.66. The number of carboxylic acid groups (broad SMARTS) is 1. The van der Waals surface area contributed by atoms with Crippen LogP contribution in [0.1, 0.15) is 36.3 Å². The molecule has 0 unspecified atom stereocenters. The highest BCUT2D eigenvalue weighted by Gasteiger charge is 2.15. The van der Waals surface area contributed by atoms with Crippen LogP contribution in [0.5, 0.6) is 0 Å². The second kappa shape index (κ2) is 5.81. The first kappa shape index (κ1) is 14.4. The molecule has 100 valence electrons. The molecule has 1 aromatic rings. The molecular formula is C11H16N2O4S. The van der Waals surface area contributed by atoms with Crippen LogP contribution in [0.25, 0.3) is 0 Å². The molecule has 7 heteroatoms. The van der Waals surface area contributed by atoms with E-state index in [1.807, 2.05) is 0 Å². The number of rotatable bonds is 4. The number of aromatic nitrogens is 1. The molecule has 1 heterocycles. The zero-order valence-electron chi connectivity index (χ0n) is 10.5. The van der Waals surface area contributed by atoms with Crippen molar-refractivity contribution in [1.82, 2.24) is 10.3 Å². The molecule has 0 aliphatic carbocycles. The van der Waals surface area contributed by atoms with E-state index in [1.54, 1.807) is 20.8 Å². The first-order valence-electron chi connectivity index (χ1n) is 5.42. The maximum atomic E-state index is 11.3. The summed E-state index contributed by atoms with van der Waals surface area (Å²) in [5.41, 5.74) is -0.492. The van der Waals surface area contributed by atoms with Crippen LogP contribution in [0.3, 0.4) is 0 Å². The molecule has 0 spiro atoms. The Hall–Kier alpha value is -1.63. The highest BCUT2D eigenvalue weighted by molar-refractivity contribution is 7.09. The predicted octanol–water partition coefficient (Wildman–Crippen LogP) is 1.91. The number of carbonyl (C=O) groups is 2. The third-order valence-corrected chi connectivity index (χ3v) is 2.69. The summed E-state index contributed by atoms with van der Waals surface area (Å²) in [7, 11) is 0. The third kappa shape index (κ3) is 5.13. The second-order valence-corrected chi connectivity index (χ2v) is 5.55. The molecule has 0 radical (unpaired) electrons. The van der Waals surface area contributed by atoms with Crippen LogP contribution in [-0.2, 0) is 11.2 Å². The number of nitrogens with one attached hydrogen (secondary N) is 1. The average Bonchev–Trinajstić information content (AvgIpc) is 2.63. The van der Waals surface area contributed by atoms with Crippen LogP contribution in [0.15, 0.2) is 5.38 Å². The van der Waals surface area contributed by atoms with E-state index in [-0.39, 0.29) is 5.69 Å². The largest absolute Gasteiger partial charge is 0.476 e. The number of aromatic carboxylic acids is 1. The maximum absolute atomic E-state index is 11.3. The fraction of sp³-hybridized carbons (Fsp3) is 0.545. The van der Waals surface area contributed by atoms with Gasteiger partial charge in [-0.2, -0.15) is 0 Å². The first-order chi connectivity index (χ1) is 8.28. The number of thiazole rings is 1. The van der Waals surface area contributed by atoms with Gasteiger partial charge in [-0.15, -0.1) is 11.3 Å². The predicted molar refractivity (Wildman–Crippen MR) is 67.0 cm³/mol. The number of nitrogens with zero attached hydrogens (tertiary/aromatic N) is 1. The number of carboxylic acids is 1. The van der Waals surface area contributed by atoms with Gasteiger partial charge in [0.2, 0.25) is 0 Å². The fourth-order valence-electron chi connectivity index (χ4n) is 1.11. The minimum atomic E-state index is -1.04. The van der Waals surface area contributed by atoms with Crippen molar-refractivity contribution in [2.75, 3.05) is 6.54 Å². The Labute approximate surface area is 109 Å². The molecule has 0 fully saturated rings. The van der Waals surface area contributed by atoms with Crippen molar-refractivity contribution in [2.45, 2.75) is 32.8 Å². The smallest absolute Gasteiger partial charge is 0.407 e. The van der Waals surface area contributed by atoms with Crippen molar-refractivity contribution >= 4 is 23.4 Å². The highest BCUT2D eigenvalue weighted by atomic mass is 32.1. The summed E-state index contributed by atoms with van der Waals surface area (Å²) in [5.74, 6) is -1.04. The summed E-state index contributed by atoms with van der Waals surface area (Å²) in [5, 5.41) is 13.4. The molecule has 18 heavy (non-hydrogen) atoms. The number of ether oxygens (including phenoxy) is 1. The van der Waals surface area contributed by atoms with E-state index in [4.69, 9.17) is 9.84 Å². The van der Waals surface area contributed by atoms with Crippen LogP contribution in [0.4, 0.5) is 4.79 Å². The highest BCUT2D eigenvalue weighted by Crippen LogP contribution is 2.10. The molecule has 0 aromatic carbocycles. The lowest BCUT2D eigenvalue weighted by Crippen LogP contribution is -2.33. The monoisotopic (exact) mass is 272 g/mol. The minimum absolute atomic E-state index is 0.0345. The molecule has 2 N–H and O–H groups in total. The lowest BCUT2D eigenvalue weighted by Gasteiger charge is -2.19. The zero-order valence-corrected chi connectivity index (χ0v) is 11.3. The van der Waals surface area contributed by atoms with Gasteiger partial charge in [0.25, 0.3) is 0 Å². The number of hydrogen-bond donors (Lipinski definition) is 2. The van der Waals surface area contributed by atoms with Crippen LogP contribution < -0.4 is 5.32 Å². The molecule has 0 saturated heterocycles. The van der Waals surface area contributed by atoms with Crippen molar-refractivity contribution < 1.29 is 19.4 Å². The standard InChI is InChI=1S/C11H16N2O4S/c1-11(2,3)17-10(16)12-5-4-8-13-7(6-18-8)9(14)15/h6H,4-5H2,1-3H3,(H,12,16)(H,14,15). The molecule has 1 aromatic heterocycles. The van der Waals surface area contributed by atoms with E-state index in [2.05, 4.69) is 10.3 Å². The van der Waals surface area contributed by atoms with Crippen LogP contribution in [0.2, 0.25) is 0 Å². The van der Waals surface area contributed by atoms with Gasteiger partial charge in [0.1, 0.15) is 5.60 Å². The Bertz CT molecular complexity index is 436. The van der Waals surface area contributed by atoms with E-state index >= 15 is 0 Å². The summed E-state index contributed by atoms with van der Waals surface area (Å²) < 4.78 is 5.06. The summed E-state index contributed by atoms with van der Waals surface area (Å²) in [6.07, 6.45) is -0.00509. The topological polar surface area (TPSA) is 88.5 Å². The molecule has 0 aliphatic heterocycles. The van der Waals surface area contributed by atoms with E-state index in [1.165, 1.54) is 16.7 Å². The quantitative estimate of drug-likeness (QED) is 0.874. The van der Waals surface area contributed by atoms with Gasteiger partial charge in [-0.25, -0.2) is 14.6 Å². The van der Waals surface area contributed by atoms with E-state index in [9.17, 15) is 9.59 Å². The average molecular weight is 272 g/mol. The molecule has 1 rings (SSSR count). The van der Waals surface area contributed by atoms with Crippen molar-refractivity contribution in [3.63, 3.8) is 0 Å². The summed E-state index contributed by atoms with van der Waals surface area (Å²) >= 11 is 1.26. The van der Waals surface area contributed by atoms with Crippen LogP contribution >= 0.6 is 11.3 Å². The van der Waals surface area contributed by atoms with Gasteiger partial charge in [0.05, 0.1) is 5.01 Å². The SMILES string of the molecule is CC(C)(C)OC(=O)NCCc1nc(C(=O)O)cs1. The van der Waals surface area contributed by atoms with Gasteiger partial charge in [0.15, 0.2) is 5.69 Å². The van der Waals surface area contributed by atoms with Gasteiger partial charge in [-0.05, 0) is 20.8 Å². The zero-order chi connectivity index (χ0) is 13.8. The summed E-state index contributed by atoms with van der Waals surface area (Å²) in [6.45, 7) is 5.72. The number of amides is 1. The molecule has 0 saturated carbocycles. The van der Waals surface area contributed by atoms with Gasteiger partial charge in [0, 0.05) is 18.3 Å². The van der Waals surface area contributed by atoms with E-state index < -0.39 is 17.7 Å². The fourth-order valence-corrected chi connectivity index (χ4v) is 1.88. The number of alkyl carbamates (subject to hydrolysis) is 1. The van der Waals surface area contributed by atoms with Crippen molar-refractivity contribution in [3.8, 4) is 0 Å².